The van der Waals surface area contributed by atoms with Crippen molar-refractivity contribution in [3.63, 3.8) is 0 Å². The first kappa shape index (κ1) is 31.6. The van der Waals surface area contributed by atoms with Crippen LogP contribution in [0.25, 0.3) is 77.2 Å². The SMILES string of the molecule is c1ccc(N(c2ccc(-c3ccc(-c4cccc(-c5cc6ccccc6o5)c4)cc3)cc2)c2ccc(-c3cc4ccccc4c4ccccc34)cc2)cc1. The van der Waals surface area contributed by atoms with E-state index in [-0.39, 0.29) is 0 Å². The van der Waals surface area contributed by atoms with E-state index < -0.39 is 0 Å². The first-order valence-corrected chi connectivity index (χ1v) is 18.4. The predicted octanol–water partition coefficient (Wildman–Crippen LogP) is 14.9. The quantitative estimate of drug-likeness (QED) is 0.155. The number of rotatable bonds is 7. The van der Waals surface area contributed by atoms with Gasteiger partial charge in [0.25, 0.3) is 0 Å². The van der Waals surface area contributed by atoms with Gasteiger partial charge in [0, 0.05) is 28.0 Å². The van der Waals surface area contributed by atoms with Crippen molar-refractivity contribution >= 4 is 49.6 Å². The first-order valence-electron chi connectivity index (χ1n) is 18.4. The average molecular weight is 690 g/mol. The minimum absolute atomic E-state index is 0.883. The van der Waals surface area contributed by atoms with Gasteiger partial charge in [0.15, 0.2) is 0 Å². The van der Waals surface area contributed by atoms with Crippen molar-refractivity contribution < 1.29 is 4.42 Å². The molecule has 10 aromatic rings. The van der Waals surface area contributed by atoms with Gasteiger partial charge in [-0.05, 0) is 116 Å². The fraction of sp³-hybridized carbons (Fsp3) is 0. The minimum Gasteiger partial charge on any atom is -0.456 e. The molecular formula is C52H35NO. The highest BCUT2D eigenvalue weighted by atomic mass is 16.3. The molecule has 254 valence electrons. The van der Waals surface area contributed by atoms with Gasteiger partial charge in [0.05, 0.1) is 0 Å². The molecular weight excluding hydrogens is 655 g/mol. The smallest absolute Gasteiger partial charge is 0.135 e. The molecule has 0 aliphatic heterocycles. The summed E-state index contributed by atoms with van der Waals surface area (Å²) < 4.78 is 6.15. The van der Waals surface area contributed by atoms with Crippen molar-refractivity contribution in [2.24, 2.45) is 0 Å². The Hall–Kier alpha value is -7.16. The van der Waals surface area contributed by atoms with Crippen LogP contribution in [0.3, 0.4) is 0 Å². The third-order valence-corrected chi connectivity index (χ3v) is 10.5. The zero-order chi connectivity index (χ0) is 35.8. The molecule has 0 radical (unpaired) electrons. The van der Waals surface area contributed by atoms with Crippen LogP contribution < -0.4 is 4.90 Å². The highest BCUT2D eigenvalue weighted by Gasteiger charge is 2.15. The van der Waals surface area contributed by atoms with Gasteiger partial charge in [-0.15, -0.1) is 0 Å². The van der Waals surface area contributed by atoms with Gasteiger partial charge in [-0.2, -0.15) is 0 Å². The Balaban J connectivity index is 0.939. The van der Waals surface area contributed by atoms with Crippen LogP contribution in [0.5, 0.6) is 0 Å². The number of furan rings is 1. The molecule has 0 amide bonds. The summed E-state index contributed by atoms with van der Waals surface area (Å²) in [4.78, 5) is 2.32. The highest BCUT2D eigenvalue weighted by molar-refractivity contribution is 6.13. The molecule has 0 bridgehead atoms. The summed E-state index contributed by atoms with van der Waals surface area (Å²) in [5.74, 6) is 0.883. The van der Waals surface area contributed by atoms with Crippen molar-refractivity contribution in [2.45, 2.75) is 0 Å². The summed E-state index contributed by atoms with van der Waals surface area (Å²) in [7, 11) is 0. The van der Waals surface area contributed by atoms with Crippen molar-refractivity contribution in [2.75, 3.05) is 4.90 Å². The van der Waals surface area contributed by atoms with Crippen LogP contribution in [0.1, 0.15) is 0 Å². The Morgan fingerprint density at radius 1 is 0.296 bits per heavy atom. The molecule has 54 heavy (non-hydrogen) atoms. The van der Waals surface area contributed by atoms with Crippen molar-refractivity contribution in [1.82, 2.24) is 0 Å². The molecule has 0 spiro atoms. The Bertz CT molecular complexity index is 2870. The second kappa shape index (κ2) is 13.4. The zero-order valence-corrected chi connectivity index (χ0v) is 29.6. The van der Waals surface area contributed by atoms with E-state index in [2.05, 4.69) is 199 Å². The normalized spacial score (nSPS) is 11.3. The third kappa shape index (κ3) is 5.81. The summed E-state index contributed by atoms with van der Waals surface area (Å²) in [6.45, 7) is 0. The Morgan fingerprint density at radius 3 is 1.52 bits per heavy atom. The molecule has 0 atom stereocenters. The van der Waals surface area contributed by atoms with E-state index in [4.69, 9.17) is 4.42 Å². The van der Waals surface area contributed by atoms with E-state index in [9.17, 15) is 0 Å². The first-order chi connectivity index (χ1) is 26.7. The standard InChI is InChI=1S/C52H35NO/c1-2-15-44(16-3-1)53(46-31-27-39(28-32-46)50-34-41-11-4-6-17-47(41)48-18-7-8-19-49(48)50)45-29-25-37(26-30-45)36-21-23-38(24-22-36)40-13-10-14-42(33-40)52-35-43-12-5-9-20-51(43)54-52/h1-35H. The van der Waals surface area contributed by atoms with Crippen LogP contribution >= 0.6 is 0 Å². The predicted molar refractivity (Wildman–Crippen MR) is 228 cm³/mol. The van der Waals surface area contributed by atoms with Crippen molar-refractivity contribution in [3.8, 4) is 44.7 Å². The Kier molecular flexibility index (Phi) is 7.85. The lowest BCUT2D eigenvalue weighted by molar-refractivity contribution is 0.631. The van der Waals surface area contributed by atoms with Crippen molar-refractivity contribution in [3.05, 3.63) is 212 Å². The number of para-hydroxylation sites is 2. The van der Waals surface area contributed by atoms with Crippen LogP contribution in [0.4, 0.5) is 17.1 Å². The Morgan fingerprint density at radius 2 is 0.815 bits per heavy atom. The maximum atomic E-state index is 6.15. The van der Waals surface area contributed by atoms with Gasteiger partial charge in [0.2, 0.25) is 0 Å². The maximum Gasteiger partial charge on any atom is 0.135 e. The van der Waals surface area contributed by atoms with Gasteiger partial charge in [0.1, 0.15) is 11.3 Å². The van der Waals surface area contributed by atoms with Crippen LogP contribution in [-0.4, -0.2) is 0 Å². The molecule has 0 unspecified atom stereocenters. The van der Waals surface area contributed by atoms with E-state index in [1.807, 2.05) is 18.2 Å². The highest BCUT2D eigenvalue weighted by Crippen LogP contribution is 2.39. The number of anilines is 3. The number of hydrogen-bond donors (Lipinski definition) is 0. The molecule has 0 saturated carbocycles. The van der Waals surface area contributed by atoms with Gasteiger partial charge >= 0.3 is 0 Å². The van der Waals surface area contributed by atoms with E-state index in [0.29, 0.717) is 0 Å². The maximum absolute atomic E-state index is 6.15. The van der Waals surface area contributed by atoms with Gasteiger partial charge in [-0.3, -0.25) is 0 Å². The van der Waals surface area contributed by atoms with E-state index in [1.165, 1.54) is 49.4 Å². The van der Waals surface area contributed by atoms with Gasteiger partial charge < -0.3 is 9.32 Å². The largest absolute Gasteiger partial charge is 0.456 e. The van der Waals surface area contributed by atoms with Crippen LogP contribution in [0, 0.1) is 0 Å². The second-order valence-electron chi connectivity index (χ2n) is 13.8. The summed E-state index contributed by atoms with van der Waals surface area (Å²) in [5.41, 5.74) is 12.4. The molecule has 2 heteroatoms. The molecule has 0 N–H and O–H groups in total. The van der Waals surface area contributed by atoms with E-state index in [0.717, 1.165) is 44.9 Å². The molecule has 0 aliphatic carbocycles. The van der Waals surface area contributed by atoms with Crippen LogP contribution in [0.2, 0.25) is 0 Å². The molecule has 1 aromatic heterocycles. The lowest BCUT2D eigenvalue weighted by Gasteiger charge is -2.26. The van der Waals surface area contributed by atoms with Gasteiger partial charge in [-0.1, -0.05) is 152 Å². The summed E-state index contributed by atoms with van der Waals surface area (Å²) in [5, 5.41) is 6.20. The van der Waals surface area contributed by atoms with Crippen LogP contribution in [-0.2, 0) is 0 Å². The molecule has 1 heterocycles. The molecule has 0 aliphatic rings. The third-order valence-electron chi connectivity index (χ3n) is 10.5. The summed E-state index contributed by atoms with van der Waals surface area (Å²) >= 11 is 0. The number of nitrogens with zero attached hydrogens (tertiary/aromatic N) is 1. The number of benzene rings is 9. The lowest BCUT2D eigenvalue weighted by Crippen LogP contribution is -2.09. The van der Waals surface area contributed by atoms with Crippen LogP contribution in [0.15, 0.2) is 217 Å². The minimum atomic E-state index is 0.883. The molecule has 10 rings (SSSR count). The Labute approximate surface area is 314 Å². The van der Waals surface area contributed by atoms with Crippen molar-refractivity contribution in [1.29, 1.82) is 0 Å². The lowest BCUT2D eigenvalue weighted by atomic mass is 9.93. The molecule has 2 nitrogen and oxygen atoms in total. The number of hydrogen-bond acceptors (Lipinski definition) is 2. The molecule has 0 fully saturated rings. The van der Waals surface area contributed by atoms with Gasteiger partial charge in [-0.25, -0.2) is 0 Å². The fourth-order valence-electron chi connectivity index (χ4n) is 7.74. The molecule has 9 aromatic carbocycles. The van der Waals surface area contributed by atoms with E-state index in [1.54, 1.807) is 0 Å². The fourth-order valence-corrected chi connectivity index (χ4v) is 7.74. The monoisotopic (exact) mass is 689 g/mol. The zero-order valence-electron chi connectivity index (χ0n) is 29.6. The summed E-state index contributed by atoms with van der Waals surface area (Å²) in [6.07, 6.45) is 0. The topological polar surface area (TPSA) is 16.4 Å². The summed E-state index contributed by atoms with van der Waals surface area (Å²) in [6, 6.07) is 75.8. The average Bonchev–Trinajstić information content (AvgIpc) is 3.69. The second-order valence-corrected chi connectivity index (χ2v) is 13.8. The molecule has 0 saturated heterocycles. The van der Waals surface area contributed by atoms with E-state index >= 15 is 0 Å². The number of fused-ring (bicyclic) bond motifs is 4.